The molecule has 23 heavy (non-hydrogen) atoms. The molecule has 0 bridgehead atoms. The topological polar surface area (TPSA) is 60.4 Å². The molecule has 0 atom stereocenters. The number of nitrogens with zero attached hydrogens (tertiary/aromatic N) is 1. The average molecular weight is 370 g/mol. The SMILES string of the molecule is OCCN=C1Cc2c([nH]c3ccc(Br)cc23)-c2ccccc2N1. The Morgan fingerprint density at radius 3 is 2.91 bits per heavy atom. The number of aliphatic imine (C=N–C) groups is 1. The number of H-pyrrole nitrogens is 1. The Kier molecular flexibility index (Phi) is 3.67. The van der Waals surface area contributed by atoms with Crippen LogP contribution in [0.4, 0.5) is 5.69 Å². The summed E-state index contributed by atoms with van der Waals surface area (Å²) in [4.78, 5) is 8.05. The first-order valence-electron chi connectivity index (χ1n) is 7.57. The molecule has 3 aromatic rings. The molecule has 0 saturated heterocycles. The van der Waals surface area contributed by atoms with Crippen molar-refractivity contribution in [3.05, 3.63) is 52.5 Å². The van der Waals surface area contributed by atoms with Gasteiger partial charge in [-0.1, -0.05) is 34.1 Å². The minimum Gasteiger partial charge on any atom is -0.394 e. The van der Waals surface area contributed by atoms with Crippen LogP contribution in [0.3, 0.4) is 0 Å². The van der Waals surface area contributed by atoms with Crippen LogP contribution in [-0.2, 0) is 6.42 Å². The van der Waals surface area contributed by atoms with Gasteiger partial charge in [-0.05, 0) is 29.8 Å². The number of para-hydroxylation sites is 1. The first-order chi connectivity index (χ1) is 11.3. The number of aliphatic hydroxyl groups is 1. The first-order valence-corrected chi connectivity index (χ1v) is 8.36. The lowest BCUT2D eigenvalue weighted by atomic mass is 10.0. The van der Waals surface area contributed by atoms with Crippen molar-refractivity contribution in [3.63, 3.8) is 0 Å². The van der Waals surface area contributed by atoms with E-state index in [0.29, 0.717) is 13.0 Å². The van der Waals surface area contributed by atoms with Crippen LogP contribution in [0.2, 0.25) is 0 Å². The smallest absolute Gasteiger partial charge is 0.105 e. The predicted octanol–water partition coefficient (Wildman–Crippen LogP) is 3.96. The molecule has 3 N–H and O–H groups in total. The quantitative estimate of drug-likeness (QED) is 0.640. The molecular formula is C18H16BrN3O. The molecule has 116 valence electrons. The predicted molar refractivity (Wildman–Crippen MR) is 98.1 cm³/mol. The van der Waals surface area contributed by atoms with Crippen molar-refractivity contribution < 1.29 is 5.11 Å². The molecule has 0 spiro atoms. The van der Waals surface area contributed by atoms with Gasteiger partial charge in [-0.3, -0.25) is 4.99 Å². The van der Waals surface area contributed by atoms with Crippen LogP contribution in [-0.4, -0.2) is 29.1 Å². The van der Waals surface area contributed by atoms with Gasteiger partial charge >= 0.3 is 0 Å². The van der Waals surface area contributed by atoms with Gasteiger partial charge in [0.15, 0.2) is 0 Å². The van der Waals surface area contributed by atoms with Crippen LogP contribution in [0.15, 0.2) is 51.9 Å². The Morgan fingerprint density at radius 2 is 2.04 bits per heavy atom. The minimum atomic E-state index is 0.0547. The van der Waals surface area contributed by atoms with Gasteiger partial charge in [0.2, 0.25) is 0 Å². The lowest BCUT2D eigenvalue weighted by Crippen LogP contribution is -2.15. The van der Waals surface area contributed by atoms with Crippen molar-refractivity contribution in [2.45, 2.75) is 6.42 Å². The van der Waals surface area contributed by atoms with Gasteiger partial charge in [-0.15, -0.1) is 0 Å². The lowest BCUT2D eigenvalue weighted by Gasteiger charge is -2.09. The van der Waals surface area contributed by atoms with Gasteiger partial charge in [0.1, 0.15) is 5.84 Å². The molecule has 0 saturated carbocycles. The van der Waals surface area contributed by atoms with Crippen molar-refractivity contribution in [1.29, 1.82) is 0 Å². The Labute approximate surface area is 142 Å². The van der Waals surface area contributed by atoms with Crippen molar-refractivity contribution in [1.82, 2.24) is 4.98 Å². The van der Waals surface area contributed by atoms with Crippen LogP contribution in [0.25, 0.3) is 22.2 Å². The Hall–Kier alpha value is -2.11. The Bertz CT molecular complexity index is 914. The maximum absolute atomic E-state index is 9.08. The van der Waals surface area contributed by atoms with E-state index in [-0.39, 0.29) is 6.61 Å². The summed E-state index contributed by atoms with van der Waals surface area (Å²) in [5.41, 5.74) is 5.67. The molecule has 2 heterocycles. The van der Waals surface area contributed by atoms with Gasteiger partial charge in [-0.25, -0.2) is 0 Å². The zero-order valence-electron chi connectivity index (χ0n) is 12.4. The van der Waals surface area contributed by atoms with E-state index in [2.05, 4.69) is 55.5 Å². The summed E-state index contributed by atoms with van der Waals surface area (Å²) in [6.45, 7) is 0.463. The van der Waals surface area contributed by atoms with E-state index in [4.69, 9.17) is 5.11 Å². The van der Waals surface area contributed by atoms with Gasteiger partial charge in [0, 0.05) is 33.0 Å². The fourth-order valence-corrected chi connectivity index (χ4v) is 3.45. The highest BCUT2D eigenvalue weighted by Crippen LogP contribution is 2.38. The summed E-state index contributed by atoms with van der Waals surface area (Å²) in [7, 11) is 0. The Morgan fingerprint density at radius 1 is 1.17 bits per heavy atom. The van der Waals surface area contributed by atoms with Gasteiger partial charge in [0.25, 0.3) is 0 Å². The summed E-state index contributed by atoms with van der Waals surface area (Å²) in [5, 5.41) is 13.7. The second-order valence-corrected chi connectivity index (χ2v) is 6.48. The van der Waals surface area contributed by atoms with E-state index in [0.717, 1.165) is 32.8 Å². The number of rotatable bonds is 2. The number of nitrogens with one attached hydrogen (secondary N) is 2. The van der Waals surface area contributed by atoms with E-state index < -0.39 is 0 Å². The number of aliphatic hydroxyl groups excluding tert-OH is 1. The molecule has 2 aromatic carbocycles. The van der Waals surface area contributed by atoms with Crippen LogP contribution < -0.4 is 5.32 Å². The zero-order chi connectivity index (χ0) is 15.8. The number of benzene rings is 2. The molecule has 0 unspecified atom stereocenters. The first kappa shape index (κ1) is 14.5. The van der Waals surface area contributed by atoms with Gasteiger partial charge in [0.05, 0.1) is 18.8 Å². The fraction of sp³-hybridized carbons (Fsp3) is 0.167. The molecule has 0 amide bonds. The van der Waals surface area contributed by atoms with Crippen molar-refractivity contribution in [2.24, 2.45) is 4.99 Å². The molecule has 0 radical (unpaired) electrons. The van der Waals surface area contributed by atoms with Crippen molar-refractivity contribution >= 4 is 38.4 Å². The molecule has 0 aliphatic carbocycles. The summed E-state index contributed by atoms with van der Waals surface area (Å²) in [5.74, 6) is 0.881. The third-order valence-corrected chi connectivity index (χ3v) is 4.58. The standard InChI is InChI=1S/C18H16BrN3O/c19-11-5-6-16-13(9-11)14-10-17(20-7-8-23)21-15-4-2-1-3-12(15)18(14)22-16/h1-6,9,22-23H,7-8,10H2,(H,20,21). The van der Waals surface area contributed by atoms with Crippen LogP contribution >= 0.6 is 15.9 Å². The number of aromatic amines is 1. The van der Waals surface area contributed by atoms with Crippen molar-refractivity contribution in [2.75, 3.05) is 18.5 Å². The van der Waals surface area contributed by atoms with E-state index >= 15 is 0 Å². The number of hydrogen-bond acceptors (Lipinski definition) is 2. The monoisotopic (exact) mass is 369 g/mol. The number of aromatic nitrogens is 1. The molecule has 1 aliphatic rings. The Balaban J connectivity index is 1.98. The number of hydrogen-bond donors (Lipinski definition) is 3. The van der Waals surface area contributed by atoms with Gasteiger partial charge < -0.3 is 15.4 Å². The molecule has 0 fully saturated rings. The summed E-state index contributed by atoms with van der Waals surface area (Å²) in [6.07, 6.45) is 0.709. The average Bonchev–Trinajstić information content (AvgIpc) is 2.82. The third kappa shape index (κ3) is 2.56. The van der Waals surface area contributed by atoms with Gasteiger partial charge in [-0.2, -0.15) is 0 Å². The maximum atomic E-state index is 9.08. The van der Waals surface area contributed by atoms with E-state index in [1.165, 1.54) is 10.9 Å². The lowest BCUT2D eigenvalue weighted by molar-refractivity contribution is 0.307. The van der Waals surface area contributed by atoms with E-state index in [1.54, 1.807) is 0 Å². The normalized spacial score (nSPS) is 15.1. The summed E-state index contributed by atoms with van der Waals surface area (Å²) >= 11 is 3.56. The molecule has 5 heteroatoms. The summed E-state index contributed by atoms with van der Waals surface area (Å²) in [6, 6.07) is 14.5. The summed E-state index contributed by atoms with van der Waals surface area (Å²) < 4.78 is 1.06. The minimum absolute atomic E-state index is 0.0547. The third-order valence-electron chi connectivity index (χ3n) is 4.09. The fourth-order valence-electron chi connectivity index (χ4n) is 3.09. The number of halogens is 1. The molecular weight excluding hydrogens is 354 g/mol. The highest BCUT2D eigenvalue weighted by Gasteiger charge is 2.21. The van der Waals surface area contributed by atoms with Crippen molar-refractivity contribution in [3.8, 4) is 11.3 Å². The highest BCUT2D eigenvalue weighted by atomic mass is 79.9. The van der Waals surface area contributed by atoms with Crippen LogP contribution in [0.5, 0.6) is 0 Å². The number of anilines is 1. The molecule has 1 aromatic heterocycles. The zero-order valence-corrected chi connectivity index (χ0v) is 14.0. The second kappa shape index (κ2) is 5.83. The maximum Gasteiger partial charge on any atom is 0.105 e. The second-order valence-electron chi connectivity index (χ2n) is 5.57. The van der Waals surface area contributed by atoms with Crippen LogP contribution in [0, 0.1) is 0 Å². The molecule has 4 rings (SSSR count). The number of amidine groups is 1. The largest absolute Gasteiger partial charge is 0.394 e. The molecule has 4 nitrogen and oxygen atoms in total. The molecule has 1 aliphatic heterocycles. The number of fused-ring (bicyclic) bond motifs is 5. The van der Waals surface area contributed by atoms with Crippen LogP contribution in [0.1, 0.15) is 5.56 Å². The van der Waals surface area contributed by atoms with E-state index in [9.17, 15) is 0 Å². The highest BCUT2D eigenvalue weighted by molar-refractivity contribution is 9.10. The van der Waals surface area contributed by atoms with E-state index in [1.807, 2.05) is 18.2 Å².